The molecule has 0 amide bonds. The first kappa shape index (κ1) is 18.8. The molecule has 0 saturated heterocycles. The maximum atomic E-state index is 5.75. The molecule has 1 nitrogen and oxygen atoms in total. The molecule has 0 aliphatic carbocycles. The van der Waals surface area contributed by atoms with Crippen molar-refractivity contribution in [2.75, 3.05) is 0 Å². The van der Waals surface area contributed by atoms with Gasteiger partial charge in [-0.1, -0.05) is 104 Å². The standard InChI is InChI=1S/C5H5Cl9OSi/c6-3(7,8)1-2(15-16,4(9,10)11)5(12,13)14/h1H2,16H3. The van der Waals surface area contributed by atoms with Gasteiger partial charge in [-0.3, -0.25) is 0 Å². The quantitative estimate of drug-likeness (QED) is 0.464. The smallest absolute Gasteiger partial charge is 0.222 e. The van der Waals surface area contributed by atoms with Crippen molar-refractivity contribution in [3.63, 3.8) is 0 Å². The van der Waals surface area contributed by atoms with Gasteiger partial charge in [0, 0.05) is 6.42 Å². The molecule has 0 aromatic heterocycles. The van der Waals surface area contributed by atoms with Gasteiger partial charge in [0.2, 0.25) is 7.59 Å². The minimum Gasteiger partial charge on any atom is -0.415 e. The molecule has 0 bridgehead atoms. The molecule has 0 aromatic carbocycles. The zero-order chi connectivity index (χ0) is 13.4. The normalized spacial score (nSPS) is 15.6. The van der Waals surface area contributed by atoms with Gasteiger partial charge < -0.3 is 4.43 Å². The molecule has 11 heteroatoms. The van der Waals surface area contributed by atoms with Crippen molar-refractivity contribution in [2.24, 2.45) is 0 Å². The molecule has 0 radical (unpaired) electrons. The Hall–Kier alpha value is 2.79. The summed E-state index contributed by atoms with van der Waals surface area (Å²) in [6.45, 7) is 0. The molecule has 0 atom stereocenters. The van der Waals surface area contributed by atoms with Gasteiger partial charge in [-0.25, -0.2) is 0 Å². The third-order valence-electron chi connectivity index (χ3n) is 1.71. The zero-order valence-electron chi connectivity index (χ0n) is 7.52. The highest BCUT2D eigenvalue weighted by Gasteiger charge is 2.63. The van der Waals surface area contributed by atoms with E-state index in [4.69, 9.17) is 109 Å². The van der Waals surface area contributed by atoms with Crippen LogP contribution < -0.4 is 0 Å². The van der Waals surface area contributed by atoms with E-state index in [0.29, 0.717) is 0 Å². The van der Waals surface area contributed by atoms with Crippen LogP contribution in [0.1, 0.15) is 6.42 Å². The number of halogens is 9. The van der Waals surface area contributed by atoms with Gasteiger partial charge in [0.15, 0.2) is 9.39 Å². The van der Waals surface area contributed by atoms with E-state index in [2.05, 4.69) is 0 Å². The van der Waals surface area contributed by atoms with E-state index >= 15 is 0 Å². The highest BCUT2D eigenvalue weighted by molar-refractivity contribution is 6.74. The molecular formula is C5H5Cl9OSi. The van der Waals surface area contributed by atoms with E-state index in [1.54, 1.807) is 0 Å². The third kappa shape index (κ3) is 4.72. The second-order valence-corrected chi connectivity index (χ2v) is 10.3. The minimum atomic E-state index is -2.07. The first-order chi connectivity index (χ1) is 6.77. The number of rotatable bonds is 2. The maximum absolute atomic E-state index is 5.75. The molecule has 0 aliphatic rings. The Labute approximate surface area is 141 Å². The molecule has 0 aromatic rings. The fourth-order valence-electron chi connectivity index (χ4n) is 0.947. The van der Waals surface area contributed by atoms with E-state index in [9.17, 15) is 0 Å². The Balaban J connectivity index is 5.51. The van der Waals surface area contributed by atoms with Crippen molar-refractivity contribution in [1.82, 2.24) is 0 Å². The Morgan fingerprint density at radius 3 is 1.12 bits per heavy atom. The Bertz CT molecular complexity index is 224. The summed E-state index contributed by atoms with van der Waals surface area (Å²) in [5, 5.41) is 0. The topological polar surface area (TPSA) is 9.23 Å². The first-order valence-electron chi connectivity index (χ1n) is 3.52. The summed E-state index contributed by atoms with van der Waals surface area (Å²) >= 11 is 51.3. The molecular weight excluding hydrogens is 423 g/mol. The molecule has 0 fully saturated rings. The zero-order valence-corrected chi connectivity index (χ0v) is 16.3. The lowest BCUT2D eigenvalue weighted by molar-refractivity contribution is 0.0794. The predicted octanol–water partition coefficient (Wildman–Crippen LogP) is 4.52. The van der Waals surface area contributed by atoms with Crippen molar-refractivity contribution >= 4 is 115 Å². The van der Waals surface area contributed by atoms with Crippen LogP contribution in [0.25, 0.3) is 0 Å². The van der Waals surface area contributed by atoms with Gasteiger partial charge in [-0.15, -0.1) is 0 Å². The summed E-state index contributed by atoms with van der Waals surface area (Å²) in [6.07, 6.45) is -0.388. The van der Waals surface area contributed by atoms with Gasteiger partial charge in [-0.2, -0.15) is 0 Å². The van der Waals surface area contributed by atoms with E-state index in [1.165, 1.54) is 0 Å². The van der Waals surface area contributed by atoms with Gasteiger partial charge in [0.05, 0.1) is 0 Å². The van der Waals surface area contributed by atoms with Crippen LogP contribution in [-0.2, 0) is 4.43 Å². The molecule has 0 rings (SSSR count). The van der Waals surface area contributed by atoms with E-state index in [0.717, 1.165) is 0 Å². The molecule has 0 N–H and O–H groups in total. The molecule has 16 heavy (non-hydrogen) atoms. The van der Waals surface area contributed by atoms with Crippen LogP contribution >= 0.6 is 104 Å². The molecule has 0 saturated carbocycles. The first-order valence-corrected chi connectivity index (χ1v) is 7.74. The van der Waals surface area contributed by atoms with Crippen molar-refractivity contribution in [2.45, 2.75) is 23.4 Å². The van der Waals surface area contributed by atoms with Gasteiger partial charge in [-0.05, 0) is 0 Å². The molecule has 0 spiro atoms. The Kier molecular flexibility index (Phi) is 7.10. The minimum absolute atomic E-state index is 0.119. The number of alkyl halides is 9. The summed E-state index contributed by atoms with van der Waals surface area (Å²) in [6, 6.07) is 0. The Morgan fingerprint density at radius 1 is 0.750 bits per heavy atom. The molecule has 0 heterocycles. The van der Waals surface area contributed by atoms with Crippen LogP contribution in [0.2, 0.25) is 0 Å². The predicted molar refractivity (Wildman–Crippen MR) is 79.2 cm³/mol. The Morgan fingerprint density at radius 2 is 1.06 bits per heavy atom. The summed E-state index contributed by atoms with van der Waals surface area (Å²) in [5.74, 6) is 0. The lowest BCUT2D eigenvalue weighted by Gasteiger charge is -2.45. The molecule has 98 valence electrons. The van der Waals surface area contributed by atoms with Crippen molar-refractivity contribution in [3.05, 3.63) is 0 Å². The fraction of sp³-hybridized carbons (Fsp3) is 1.00. The van der Waals surface area contributed by atoms with Gasteiger partial charge in [0.25, 0.3) is 0 Å². The highest BCUT2D eigenvalue weighted by Crippen LogP contribution is 2.58. The van der Waals surface area contributed by atoms with Crippen LogP contribution in [0.3, 0.4) is 0 Å². The average molecular weight is 428 g/mol. The van der Waals surface area contributed by atoms with Crippen molar-refractivity contribution < 1.29 is 4.43 Å². The van der Waals surface area contributed by atoms with Crippen LogP contribution in [0.5, 0.6) is 0 Å². The second kappa shape index (κ2) is 6.05. The van der Waals surface area contributed by atoms with Crippen LogP contribution in [-0.4, -0.2) is 27.5 Å². The lowest BCUT2D eigenvalue weighted by Crippen LogP contribution is -2.57. The second-order valence-electron chi connectivity index (χ2n) is 2.82. The average Bonchev–Trinajstić information content (AvgIpc) is 1.93. The highest BCUT2D eigenvalue weighted by atomic mass is 35.6. The maximum Gasteiger partial charge on any atom is 0.222 e. The van der Waals surface area contributed by atoms with E-state index in [-0.39, 0.29) is 16.9 Å². The van der Waals surface area contributed by atoms with Crippen LogP contribution in [0.15, 0.2) is 0 Å². The van der Waals surface area contributed by atoms with Crippen molar-refractivity contribution in [1.29, 1.82) is 0 Å². The largest absolute Gasteiger partial charge is 0.415 e. The molecule has 0 aliphatic heterocycles. The van der Waals surface area contributed by atoms with E-state index < -0.39 is 17.0 Å². The monoisotopic (exact) mass is 424 g/mol. The summed E-state index contributed by atoms with van der Waals surface area (Å²) in [7, 11) is 0.119. The van der Waals surface area contributed by atoms with Gasteiger partial charge >= 0.3 is 0 Å². The van der Waals surface area contributed by atoms with Crippen LogP contribution in [0.4, 0.5) is 0 Å². The lowest BCUT2D eigenvalue weighted by atomic mass is 10.1. The summed E-state index contributed by atoms with van der Waals surface area (Å²) < 4.78 is -0.788. The van der Waals surface area contributed by atoms with Crippen molar-refractivity contribution in [3.8, 4) is 0 Å². The van der Waals surface area contributed by atoms with Crippen LogP contribution in [0, 0.1) is 0 Å². The SMILES string of the molecule is [SiH3]OC(CC(Cl)(Cl)Cl)(C(Cl)(Cl)Cl)C(Cl)(Cl)Cl. The molecule has 0 unspecified atom stereocenters. The van der Waals surface area contributed by atoms with E-state index in [1.807, 2.05) is 0 Å². The summed E-state index contributed by atoms with van der Waals surface area (Å²) in [5.41, 5.74) is -1.84. The number of hydrogen-bond donors (Lipinski definition) is 0. The number of hydrogen-bond acceptors (Lipinski definition) is 1. The third-order valence-corrected chi connectivity index (χ3v) is 4.64. The van der Waals surface area contributed by atoms with Gasteiger partial charge in [0.1, 0.15) is 10.5 Å². The fourth-order valence-corrected chi connectivity index (χ4v) is 5.19. The summed E-state index contributed by atoms with van der Waals surface area (Å²) in [4.78, 5) is 0.